The molecule has 5 aromatic rings. The lowest BCUT2D eigenvalue weighted by molar-refractivity contribution is -0.137. The number of halogens is 3. The van der Waals surface area contributed by atoms with Crippen LogP contribution in [-0.4, -0.2) is 39.3 Å². The number of tetrazole rings is 1. The minimum absolute atomic E-state index is 0.160. The van der Waals surface area contributed by atoms with Gasteiger partial charge in [0.15, 0.2) is 5.82 Å². The van der Waals surface area contributed by atoms with Gasteiger partial charge in [-0.2, -0.15) is 13.2 Å². The number of hydrogen-bond donors (Lipinski definition) is 1. The quantitative estimate of drug-likeness (QED) is 0.320. The van der Waals surface area contributed by atoms with Crippen LogP contribution in [0.15, 0.2) is 66.0 Å². The van der Waals surface area contributed by atoms with Gasteiger partial charge in [0.2, 0.25) is 0 Å². The number of hydrogen-bond acceptors (Lipinski definition) is 5. The van der Waals surface area contributed by atoms with Crippen LogP contribution in [0.2, 0.25) is 0 Å². The van der Waals surface area contributed by atoms with Gasteiger partial charge in [-0.1, -0.05) is 37.6 Å². The van der Waals surface area contributed by atoms with Crippen molar-refractivity contribution in [3.63, 3.8) is 0 Å². The zero-order valence-corrected chi connectivity index (χ0v) is 20.8. The van der Waals surface area contributed by atoms with Gasteiger partial charge in [0.1, 0.15) is 5.82 Å². The summed E-state index contributed by atoms with van der Waals surface area (Å²) in [7, 11) is 1.50. The second-order valence-corrected chi connectivity index (χ2v) is 8.98. The summed E-state index contributed by atoms with van der Waals surface area (Å²) in [5.41, 5.74) is 2.60. The van der Waals surface area contributed by atoms with E-state index in [2.05, 4.69) is 25.6 Å². The highest BCUT2D eigenvalue weighted by molar-refractivity contribution is 5.70. The number of benzene rings is 1. The Hall–Kier alpha value is -4.48. The molecule has 0 amide bonds. The van der Waals surface area contributed by atoms with Crippen LogP contribution in [0.5, 0.6) is 0 Å². The molecule has 0 radical (unpaired) electrons. The van der Waals surface area contributed by atoms with Gasteiger partial charge in [0, 0.05) is 43.1 Å². The van der Waals surface area contributed by atoms with Crippen LogP contribution >= 0.6 is 0 Å². The number of imidazole rings is 1. The molecule has 0 aliphatic rings. The molecule has 0 saturated carbocycles. The van der Waals surface area contributed by atoms with E-state index in [1.807, 2.05) is 37.3 Å². The molecule has 196 valence electrons. The molecule has 0 aliphatic carbocycles. The van der Waals surface area contributed by atoms with E-state index in [1.165, 1.54) is 28.6 Å². The number of nitrogens with zero attached hydrogens (tertiary/aromatic N) is 7. The predicted molar refractivity (Wildman–Crippen MR) is 135 cm³/mol. The molecule has 4 heterocycles. The highest BCUT2D eigenvalue weighted by Gasteiger charge is 2.36. The van der Waals surface area contributed by atoms with Crippen molar-refractivity contribution in [2.24, 2.45) is 7.05 Å². The SMILES string of the molecule is CCCCc1cn(-c2c(C(F)(F)F)ccn2C)c(=O)n1Cc1cnccc1-c1ccc(-c2nnn[nH]2)cc1. The first-order valence-corrected chi connectivity index (χ1v) is 12.1. The first-order chi connectivity index (χ1) is 18.3. The standard InChI is InChI=1S/C26H25F3N8O/c1-3-4-5-20-16-37(24-22(26(27,28)29)11-13-35(24)2)25(38)36(20)15-19-14-30-12-10-21(19)17-6-8-18(9-7-17)23-31-33-34-32-23/h6-14,16H,3-5,15H2,1-2H3,(H,31,32,33,34). The van der Waals surface area contributed by atoms with Gasteiger partial charge in [-0.15, -0.1) is 5.10 Å². The van der Waals surface area contributed by atoms with Gasteiger partial charge in [-0.3, -0.25) is 14.1 Å². The largest absolute Gasteiger partial charge is 0.419 e. The fraction of sp³-hybridized carbons (Fsp3) is 0.269. The van der Waals surface area contributed by atoms with E-state index >= 15 is 0 Å². The smallest absolute Gasteiger partial charge is 0.337 e. The lowest BCUT2D eigenvalue weighted by Gasteiger charge is -2.12. The van der Waals surface area contributed by atoms with Crippen molar-refractivity contribution in [1.82, 2.24) is 39.3 Å². The summed E-state index contributed by atoms with van der Waals surface area (Å²) in [5, 5.41) is 13.8. The first kappa shape index (κ1) is 25.2. The van der Waals surface area contributed by atoms with Crippen LogP contribution in [-0.2, 0) is 26.2 Å². The number of aryl methyl sites for hydroxylation is 2. The zero-order valence-electron chi connectivity index (χ0n) is 20.8. The summed E-state index contributed by atoms with van der Waals surface area (Å²) in [6.45, 7) is 2.18. The summed E-state index contributed by atoms with van der Waals surface area (Å²) < 4.78 is 45.2. The number of pyridine rings is 1. The number of H-pyrrole nitrogens is 1. The summed E-state index contributed by atoms with van der Waals surface area (Å²) >= 11 is 0. The Morgan fingerprint density at radius 2 is 1.82 bits per heavy atom. The Morgan fingerprint density at radius 3 is 2.50 bits per heavy atom. The Labute approximate surface area is 215 Å². The number of aromatic amines is 1. The van der Waals surface area contributed by atoms with E-state index in [0.29, 0.717) is 17.9 Å². The maximum atomic E-state index is 13.7. The zero-order chi connectivity index (χ0) is 26.9. The van der Waals surface area contributed by atoms with Crippen molar-refractivity contribution in [3.05, 3.63) is 88.5 Å². The Kier molecular flexibility index (Phi) is 6.70. The molecule has 0 aliphatic heterocycles. The van der Waals surface area contributed by atoms with Crippen LogP contribution in [0, 0.1) is 0 Å². The molecule has 1 aromatic carbocycles. The van der Waals surface area contributed by atoms with Crippen LogP contribution in [0.1, 0.15) is 36.6 Å². The summed E-state index contributed by atoms with van der Waals surface area (Å²) in [6.07, 6.45) is 3.82. The fourth-order valence-electron chi connectivity index (χ4n) is 4.54. The van der Waals surface area contributed by atoms with E-state index in [4.69, 9.17) is 0 Å². The van der Waals surface area contributed by atoms with Crippen molar-refractivity contribution in [2.75, 3.05) is 0 Å². The maximum Gasteiger partial charge on any atom is 0.419 e. The fourth-order valence-corrected chi connectivity index (χ4v) is 4.54. The third-order valence-corrected chi connectivity index (χ3v) is 6.47. The lowest BCUT2D eigenvalue weighted by Crippen LogP contribution is -2.27. The van der Waals surface area contributed by atoms with Gasteiger partial charge in [-0.25, -0.2) is 9.89 Å². The molecule has 9 nitrogen and oxygen atoms in total. The number of rotatable bonds is 8. The molecule has 38 heavy (non-hydrogen) atoms. The van der Waals surface area contributed by atoms with E-state index < -0.39 is 17.4 Å². The molecule has 0 fully saturated rings. The van der Waals surface area contributed by atoms with Crippen molar-refractivity contribution < 1.29 is 13.2 Å². The normalized spacial score (nSPS) is 11.8. The molecular weight excluding hydrogens is 497 g/mol. The molecule has 0 unspecified atom stereocenters. The Balaban J connectivity index is 1.56. The van der Waals surface area contributed by atoms with Crippen molar-refractivity contribution in [1.29, 1.82) is 0 Å². The van der Waals surface area contributed by atoms with Gasteiger partial charge in [0.05, 0.1) is 12.1 Å². The molecule has 0 saturated heterocycles. The minimum atomic E-state index is -4.59. The number of aromatic nitrogens is 8. The third kappa shape index (κ3) is 4.76. The van der Waals surface area contributed by atoms with Gasteiger partial charge >= 0.3 is 11.9 Å². The van der Waals surface area contributed by atoms with E-state index in [0.717, 1.165) is 45.7 Å². The van der Waals surface area contributed by atoms with Crippen molar-refractivity contribution in [3.8, 4) is 28.3 Å². The molecule has 1 N–H and O–H groups in total. The summed E-state index contributed by atoms with van der Waals surface area (Å²) in [4.78, 5) is 17.9. The highest BCUT2D eigenvalue weighted by atomic mass is 19.4. The Morgan fingerprint density at radius 1 is 1.05 bits per heavy atom. The number of unbranched alkanes of at least 4 members (excludes halogenated alkanes) is 1. The molecule has 4 aromatic heterocycles. The molecule has 0 spiro atoms. The van der Waals surface area contributed by atoms with Gasteiger partial charge in [-0.05, 0) is 52.1 Å². The molecule has 5 rings (SSSR count). The second-order valence-electron chi connectivity index (χ2n) is 8.98. The molecular formula is C26H25F3N8O. The topological polar surface area (TPSA) is 99.2 Å². The van der Waals surface area contributed by atoms with Crippen LogP contribution in [0.25, 0.3) is 28.3 Å². The van der Waals surface area contributed by atoms with Crippen LogP contribution in [0.4, 0.5) is 13.2 Å². The molecule has 0 atom stereocenters. The van der Waals surface area contributed by atoms with Crippen LogP contribution in [0.3, 0.4) is 0 Å². The predicted octanol–water partition coefficient (Wildman–Crippen LogP) is 4.63. The first-order valence-electron chi connectivity index (χ1n) is 12.1. The van der Waals surface area contributed by atoms with Gasteiger partial charge < -0.3 is 4.57 Å². The van der Waals surface area contributed by atoms with Crippen molar-refractivity contribution >= 4 is 0 Å². The van der Waals surface area contributed by atoms with E-state index in [-0.39, 0.29) is 12.4 Å². The minimum Gasteiger partial charge on any atom is -0.337 e. The molecule has 0 bridgehead atoms. The van der Waals surface area contributed by atoms with Crippen molar-refractivity contribution in [2.45, 2.75) is 38.9 Å². The molecule has 12 heteroatoms. The Bertz CT molecular complexity index is 1590. The monoisotopic (exact) mass is 522 g/mol. The average Bonchev–Trinajstić information content (AvgIpc) is 3.64. The number of nitrogens with one attached hydrogen (secondary N) is 1. The van der Waals surface area contributed by atoms with E-state index in [1.54, 1.807) is 12.4 Å². The third-order valence-electron chi connectivity index (χ3n) is 6.47. The number of alkyl halides is 3. The summed E-state index contributed by atoms with van der Waals surface area (Å²) in [6, 6.07) is 10.4. The van der Waals surface area contributed by atoms with E-state index in [9.17, 15) is 18.0 Å². The maximum absolute atomic E-state index is 13.7. The van der Waals surface area contributed by atoms with Crippen LogP contribution < -0.4 is 5.69 Å². The average molecular weight is 523 g/mol. The van der Waals surface area contributed by atoms with Gasteiger partial charge in [0.25, 0.3) is 0 Å². The highest BCUT2D eigenvalue weighted by Crippen LogP contribution is 2.34. The lowest BCUT2D eigenvalue weighted by atomic mass is 10.00. The second kappa shape index (κ2) is 10.1. The summed E-state index contributed by atoms with van der Waals surface area (Å²) in [5.74, 6) is 0.335.